The normalized spacial score (nSPS) is 27.2. The molecule has 1 amide bonds. The number of hydrogen-bond donors (Lipinski definition) is 1. The van der Waals surface area contributed by atoms with Crippen LogP contribution in [0.4, 0.5) is 0 Å². The van der Waals surface area contributed by atoms with Gasteiger partial charge in [0.1, 0.15) is 5.75 Å². The number of nitrogens with one attached hydrogen (secondary N) is 1. The Morgan fingerprint density at radius 1 is 1.31 bits per heavy atom. The number of aromatic nitrogens is 1. The first kappa shape index (κ1) is 17.3. The summed E-state index contributed by atoms with van der Waals surface area (Å²) in [4.78, 5) is 19.9. The van der Waals surface area contributed by atoms with Crippen LogP contribution in [0.15, 0.2) is 30.5 Å². The molecule has 2 aromatic rings. The van der Waals surface area contributed by atoms with Gasteiger partial charge in [0.25, 0.3) is 5.91 Å². The highest BCUT2D eigenvalue weighted by molar-refractivity contribution is 7.15. The lowest BCUT2D eigenvalue weighted by Gasteiger charge is -2.49. The van der Waals surface area contributed by atoms with Gasteiger partial charge in [-0.3, -0.25) is 9.69 Å². The van der Waals surface area contributed by atoms with E-state index in [0.29, 0.717) is 33.5 Å². The Balaban J connectivity index is 1.41. The molecular formula is C19H23N3O3S. The van der Waals surface area contributed by atoms with Crippen LogP contribution in [0.3, 0.4) is 0 Å². The number of carbonyl (C=O) groups excluding carboxylic acids is 1. The third-order valence-corrected chi connectivity index (χ3v) is 6.38. The first-order valence-electron chi connectivity index (χ1n) is 8.96. The molecule has 0 aromatic carbocycles. The highest BCUT2D eigenvalue weighted by atomic mass is 32.1. The van der Waals surface area contributed by atoms with Gasteiger partial charge >= 0.3 is 0 Å². The van der Waals surface area contributed by atoms with Crippen molar-refractivity contribution >= 4 is 17.2 Å². The molecule has 5 heterocycles. The zero-order valence-electron chi connectivity index (χ0n) is 15.0. The summed E-state index contributed by atoms with van der Waals surface area (Å²) in [6.07, 6.45) is 3.99. The second-order valence-electron chi connectivity index (χ2n) is 6.87. The molecule has 3 fully saturated rings. The van der Waals surface area contributed by atoms with Crippen molar-refractivity contribution in [2.75, 3.05) is 20.2 Å². The molecule has 0 spiro atoms. The van der Waals surface area contributed by atoms with Crippen LogP contribution in [-0.4, -0.2) is 48.1 Å². The molecule has 138 valence electrons. The van der Waals surface area contributed by atoms with Crippen LogP contribution in [0.25, 0.3) is 0 Å². The molecule has 3 aliphatic rings. The molecule has 0 aliphatic carbocycles. The second-order valence-corrected chi connectivity index (χ2v) is 7.91. The molecule has 1 N–H and O–H groups in total. The lowest BCUT2D eigenvalue weighted by molar-refractivity contribution is 0.0218. The van der Waals surface area contributed by atoms with E-state index in [1.165, 1.54) is 24.2 Å². The van der Waals surface area contributed by atoms with E-state index in [-0.39, 0.29) is 11.9 Å². The molecule has 5 rings (SSSR count). The topological polar surface area (TPSA) is 63.7 Å². The van der Waals surface area contributed by atoms with Crippen LogP contribution >= 0.6 is 11.3 Å². The van der Waals surface area contributed by atoms with Gasteiger partial charge in [0.2, 0.25) is 5.88 Å². The third-order valence-electron chi connectivity index (χ3n) is 5.41. The maximum atomic E-state index is 12.7. The SMILES string of the molecule is COc1cc(Oc2ccc(C(=O)NC3C4CCN(CC4)C3C)s2)ccn1. The van der Waals surface area contributed by atoms with E-state index < -0.39 is 0 Å². The summed E-state index contributed by atoms with van der Waals surface area (Å²) in [6.45, 7) is 4.53. The van der Waals surface area contributed by atoms with Crippen LogP contribution in [0.2, 0.25) is 0 Å². The molecule has 3 saturated heterocycles. The zero-order chi connectivity index (χ0) is 18.1. The van der Waals surface area contributed by atoms with Crippen LogP contribution in [0.5, 0.6) is 16.7 Å². The van der Waals surface area contributed by atoms with Crippen LogP contribution < -0.4 is 14.8 Å². The lowest BCUT2D eigenvalue weighted by atomic mass is 9.79. The Kier molecular flexibility index (Phi) is 4.82. The highest BCUT2D eigenvalue weighted by Gasteiger charge is 2.40. The molecular weight excluding hydrogens is 350 g/mol. The number of piperidine rings is 3. The number of amides is 1. The van der Waals surface area contributed by atoms with Crippen molar-refractivity contribution < 1.29 is 14.3 Å². The molecule has 2 atom stereocenters. The van der Waals surface area contributed by atoms with Gasteiger partial charge in [-0.05, 0) is 57.0 Å². The Morgan fingerprint density at radius 3 is 2.85 bits per heavy atom. The summed E-state index contributed by atoms with van der Waals surface area (Å²) < 4.78 is 10.9. The molecule has 0 radical (unpaired) electrons. The lowest BCUT2D eigenvalue weighted by Crippen LogP contribution is -2.62. The molecule has 7 heteroatoms. The first-order chi connectivity index (χ1) is 12.6. The van der Waals surface area contributed by atoms with E-state index in [9.17, 15) is 4.79 Å². The monoisotopic (exact) mass is 373 g/mol. The predicted molar refractivity (Wildman–Crippen MR) is 100 cm³/mol. The summed E-state index contributed by atoms with van der Waals surface area (Å²) in [5.41, 5.74) is 0. The molecule has 26 heavy (non-hydrogen) atoms. The summed E-state index contributed by atoms with van der Waals surface area (Å²) in [7, 11) is 1.56. The van der Waals surface area contributed by atoms with Crippen LogP contribution in [0, 0.1) is 5.92 Å². The van der Waals surface area contributed by atoms with Gasteiger partial charge in [-0.1, -0.05) is 11.3 Å². The average Bonchev–Trinajstić information content (AvgIpc) is 3.13. The van der Waals surface area contributed by atoms with Crippen molar-refractivity contribution in [2.45, 2.75) is 31.8 Å². The number of rotatable bonds is 5. The predicted octanol–water partition coefficient (Wildman–Crippen LogP) is 3.16. The van der Waals surface area contributed by atoms with Crippen LogP contribution in [0.1, 0.15) is 29.4 Å². The summed E-state index contributed by atoms with van der Waals surface area (Å²) >= 11 is 1.35. The van der Waals surface area contributed by atoms with Gasteiger partial charge in [-0.2, -0.15) is 0 Å². The first-order valence-corrected chi connectivity index (χ1v) is 9.78. The van der Waals surface area contributed by atoms with Gasteiger partial charge in [0.15, 0.2) is 5.06 Å². The fourth-order valence-electron chi connectivity index (χ4n) is 3.95. The summed E-state index contributed by atoms with van der Waals surface area (Å²) in [5, 5.41) is 3.93. The highest BCUT2D eigenvalue weighted by Crippen LogP contribution is 2.34. The van der Waals surface area contributed by atoms with E-state index in [4.69, 9.17) is 9.47 Å². The number of hydrogen-bond acceptors (Lipinski definition) is 6. The molecule has 3 aliphatic heterocycles. The molecule has 2 unspecified atom stereocenters. The maximum absolute atomic E-state index is 12.7. The van der Waals surface area contributed by atoms with E-state index in [1.54, 1.807) is 25.4 Å². The Bertz CT molecular complexity index is 784. The average molecular weight is 373 g/mol. The number of fused-ring (bicyclic) bond motifs is 3. The van der Waals surface area contributed by atoms with Crippen molar-refractivity contribution in [2.24, 2.45) is 5.92 Å². The number of pyridine rings is 1. The minimum atomic E-state index is -0.0113. The third kappa shape index (κ3) is 3.41. The van der Waals surface area contributed by atoms with E-state index in [2.05, 4.69) is 22.1 Å². The number of thiophene rings is 1. The van der Waals surface area contributed by atoms with Gasteiger partial charge < -0.3 is 14.8 Å². The fourth-order valence-corrected chi connectivity index (χ4v) is 4.73. The number of nitrogens with zero attached hydrogens (tertiary/aromatic N) is 2. The van der Waals surface area contributed by atoms with Gasteiger partial charge in [0.05, 0.1) is 12.0 Å². The Labute approximate surface area is 157 Å². The van der Waals surface area contributed by atoms with Gasteiger partial charge in [-0.25, -0.2) is 4.98 Å². The Morgan fingerprint density at radius 2 is 2.12 bits per heavy atom. The van der Waals surface area contributed by atoms with Crippen molar-refractivity contribution in [1.29, 1.82) is 0 Å². The van der Waals surface area contributed by atoms with Crippen LogP contribution in [-0.2, 0) is 0 Å². The summed E-state index contributed by atoms with van der Waals surface area (Å²) in [5.74, 6) is 1.71. The standard InChI is InChI=1S/C19H23N3O3S/c1-12-18(13-6-9-22(12)10-7-13)21-19(23)15-3-4-17(26-15)25-14-5-8-20-16(11-14)24-2/h3-5,8,11-13,18H,6-7,9-10H2,1-2H3,(H,21,23). The van der Waals surface area contributed by atoms with E-state index in [0.717, 1.165) is 13.1 Å². The number of methoxy groups -OCH3 is 1. The molecule has 6 nitrogen and oxygen atoms in total. The van der Waals surface area contributed by atoms with E-state index >= 15 is 0 Å². The summed E-state index contributed by atoms with van der Waals surface area (Å²) in [6, 6.07) is 7.77. The van der Waals surface area contributed by atoms with Gasteiger partial charge in [0, 0.05) is 24.3 Å². The minimum Gasteiger partial charge on any atom is -0.481 e. The quantitative estimate of drug-likeness (QED) is 0.872. The number of ether oxygens (including phenoxy) is 2. The smallest absolute Gasteiger partial charge is 0.261 e. The van der Waals surface area contributed by atoms with Crippen molar-refractivity contribution in [3.63, 3.8) is 0 Å². The van der Waals surface area contributed by atoms with Gasteiger partial charge in [-0.15, -0.1) is 0 Å². The fraction of sp³-hybridized carbons (Fsp3) is 0.474. The largest absolute Gasteiger partial charge is 0.481 e. The molecule has 2 aromatic heterocycles. The van der Waals surface area contributed by atoms with Crippen molar-refractivity contribution in [3.05, 3.63) is 35.3 Å². The van der Waals surface area contributed by atoms with E-state index in [1.807, 2.05) is 12.1 Å². The maximum Gasteiger partial charge on any atom is 0.261 e. The van der Waals surface area contributed by atoms with Crippen molar-refractivity contribution in [1.82, 2.24) is 15.2 Å². The second kappa shape index (κ2) is 7.25. The molecule has 0 saturated carbocycles. The Hall–Kier alpha value is -2.12. The van der Waals surface area contributed by atoms with Crippen molar-refractivity contribution in [3.8, 4) is 16.7 Å². The zero-order valence-corrected chi connectivity index (χ0v) is 15.8. The minimum absolute atomic E-state index is 0.0113. The molecule has 2 bridgehead atoms. The number of carbonyl (C=O) groups is 1.